The van der Waals surface area contributed by atoms with Crippen LogP contribution in [0.2, 0.25) is 0 Å². The molecule has 0 rings (SSSR count). The number of rotatable bonds is 6. The monoisotopic (exact) mass is 309 g/mol. The Kier molecular flexibility index (Phi) is 7.26. The van der Waals surface area contributed by atoms with Gasteiger partial charge in [0.2, 0.25) is 15.9 Å². The fourth-order valence-electron chi connectivity index (χ4n) is 1.01. The predicted octanol–water partition coefficient (Wildman–Crippen LogP) is -0.554. The minimum absolute atomic E-state index is 0. The van der Waals surface area contributed by atoms with Gasteiger partial charge >= 0.3 is 0 Å². The molecule has 0 aromatic rings. The van der Waals surface area contributed by atoms with E-state index < -0.39 is 40.5 Å². The van der Waals surface area contributed by atoms with E-state index in [0.29, 0.717) is 0 Å². The van der Waals surface area contributed by atoms with Crippen molar-refractivity contribution in [3.05, 3.63) is 0 Å². The van der Waals surface area contributed by atoms with Crippen molar-refractivity contribution in [2.45, 2.75) is 25.3 Å². The van der Waals surface area contributed by atoms with E-state index in [1.807, 2.05) is 10.0 Å². The highest BCUT2D eigenvalue weighted by Gasteiger charge is 2.34. The molecule has 0 spiro atoms. The highest BCUT2D eigenvalue weighted by Crippen LogP contribution is 2.10. The average molecular weight is 310 g/mol. The van der Waals surface area contributed by atoms with Gasteiger partial charge in [-0.15, -0.1) is 12.4 Å². The fraction of sp³-hybridized carbons (Fsp3) is 0.875. The first kappa shape index (κ1) is 19.8. The molecule has 0 aliphatic rings. The minimum atomic E-state index is -3.61. The number of nitrogens with one attached hydrogen (secondary N) is 2. The summed E-state index contributed by atoms with van der Waals surface area (Å²) in [5, 5.41) is 1.94. The Balaban J connectivity index is 0. The van der Waals surface area contributed by atoms with E-state index in [1.54, 1.807) is 0 Å². The SMILES string of the molecule is CC(C)(NS(C)(=O)=O)C(=O)NCC(F)(F)CN.Cl. The highest BCUT2D eigenvalue weighted by molar-refractivity contribution is 7.88. The number of nitrogens with two attached hydrogens (primary N) is 1. The van der Waals surface area contributed by atoms with Crippen molar-refractivity contribution < 1.29 is 22.0 Å². The summed E-state index contributed by atoms with van der Waals surface area (Å²) in [6.07, 6.45) is 0.872. The molecule has 110 valence electrons. The smallest absolute Gasteiger partial charge is 0.277 e. The Morgan fingerprint density at radius 1 is 1.33 bits per heavy atom. The van der Waals surface area contributed by atoms with Gasteiger partial charge in [0, 0.05) is 0 Å². The van der Waals surface area contributed by atoms with Crippen molar-refractivity contribution in [2.24, 2.45) is 5.73 Å². The van der Waals surface area contributed by atoms with Gasteiger partial charge in [-0.2, -0.15) is 0 Å². The summed E-state index contributed by atoms with van der Waals surface area (Å²) >= 11 is 0. The van der Waals surface area contributed by atoms with Crippen LogP contribution in [-0.4, -0.2) is 45.1 Å². The maximum atomic E-state index is 12.8. The van der Waals surface area contributed by atoms with E-state index in [4.69, 9.17) is 5.73 Å². The van der Waals surface area contributed by atoms with Crippen LogP contribution in [-0.2, 0) is 14.8 Å². The summed E-state index contributed by atoms with van der Waals surface area (Å²) in [5.74, 6) is -4.06. The summed E-state index contributed by atoms with van der Waals surface area (Å²) in [7, 11) is -3.61. The Hall–Kier alpha value is -0.510. The number of carbonyl (C=O) groups is 1. The van der Waals surface area contributed by atoms with Gasteiger partial charge in [-0.25, -0.2) is 21.9 Å². The molecule has 0 aromatic carbocycles. The van der Waals surface area contributed by atoms with Crippen molar-refractivity contribution in [3.8, 4) is 0 Å². The molecule has 0 aliphatic carbocycles. The van der Waals surface area contributed by atoms with Crippen LogP contribution in [0.25, 0.3) is 0 Å². The molecular weight excluding hydrogens is 292 g/mol. The van der Waals surface area contributed by atoms with Crippen molar-refractivity contribution in [1.82, 2.24) is 10.0 Å². The highest BCUT2D eigenvalue weighted by atomic mass is 35.5. The number of alkyl halides is 2. The topological polar surface area (TPSA) is 101 Å². The molecule has 0 unspecified atom stereocenters. The molecular formula is C8H18ClF2N3O3S. The Labute approximate surface area is 111 Å². The summed E-state index contributed by atoms with van der Waals surface area (Å²) < 4.78 is 49.5. The lowest BCUT2D eigenvalue weighted by molar-refractivity contribution is -0.127. The van der Waals surface area contributed by atoms with Gasteiger partial charge in [0.05, 0.1) is 19.3 Å². The van der Waals surface area contributed by atoms with Crippen LogP contribution in [0.5, 0.6) is 0 Å². The second-order valence-electron chi connectivity index (χ2n) is 4.24. The maximum Gasteiger partial charge on any atom is 0.277 e. The van der Waals surface area contributed by atoms with Gasteiger partial charge in [-0.1, -0.05) is 0 Å². The molecule has 0 aliphatic heterocycles. The van der Waals surface area contributed by atoms with E-state index in [1.165, 1.54) is 13.8 Å². The fourth-order valence-corrected chi connectivity index (χ4v) is 2.03. The van der Waals surface area contributed by atoms with Crippen LogP contribution in [0.4, 0.5) is 8.78 Å². The summed E-state index contributed by atoms with van der Waals surface area (Å²) in [5.41, 5.74) is 3.29. The first-order valence-electron chi connectivity index (χ1n) is 4.75. The number of amides is 1. The van der Waals surface area contributed by atoms with Crippen molar-refractivity contribution >= 4 is 28.3 Å². The van der Waals surface area contributed by atoms with E-state index in [0.717, 1.165) is 6.26 Å². The number of halogens is 3. The molecule has 0 aromatic heterocycles. The number of carbonyl (C=O) groups excluding carboxylic acids is 1. The molecule has 1 amide bonds. The lowest BCUT2D eigenvalue weighted by atomic mass is 10.1. The van der Waals surface area contributed by atoms with Gasteiger partial charge in [0.15, 0.2) is 0 Å². The molecule has 6 nitrogen and oxygen atoms in total. The molecule has 0 saturated carbocycles. The van der Waals surface area contributed by atoms with Crippen LogP contribution >= 0.6 is 12.4 Å². The van der Waals surface area contributed by atoms with E-state index in [2.05, 4.69) is 0 Å². The van der Waals surface area contributed by atoms with Crippen LogP contribution in [0, 0.1) is 0 Å². The normalized spacial score (nSPS) is 12.8. The van der Waals surface area contributed by atoms with Crippen molar-refractivity contribution in [1.29, 1.82) is 0 Å². The van der Waals surface area contributed by atoms with Crippen LogP contribution < -0.4 is 15.8 Å². The lowest BCUT2D eigenvalue weighted by Crippen LogP contribution is -2.56. The molecule has 0 saturated heterocycles. The van der Waals surface area contributed by atoms with Gasteiger partial charge < -0.3 is 11.1 Å². The van der Waals surface area contributed by atoms with Crippen LogP contribution in [0.1, 0.15) is 13.8 Å². The number of sulfonamides is 1. The van der Waals surface area contributed by atoms with E-state index in [9.17, 15) is 22.0 Å². The zero-order valence-electron chi connectivity index (χ0n) is 10.3. The second kappa shape index (κ2) is 6.60. The van der Waals surface area contributed by atoms with Gasteiger partial charge in [-0.05, 0) is 13.8 Å². The zero-order valence-corrected chi connectivity index (χ0v) is 11.9. The first-order valence-corrected chi connectivity index (χ1v) is 6.64. The van der Waals surface area contributed by atoms with E-state index in [-0.39, 0.29) is 12.4 Å². The molecule has 0 heterocycles. The van der Waals surface area contributed by atoms with Crippen LogP contribution in [0.3, 0.4) is 0 Å². The molecule has 10 heteroatoms. The predicted molar refractivity (Wildman–Crippen MR) is 66.3 cm³/mol. The van der Waals surface area contributed by atoms with Crippen LogP contribution in [0.15, 0.2) is 0 Å². The third-order valence-corrected chi connectivity index (χ3v) is 2.70. The molecule has 0 fully saturated rings. The molecule has 0 atom stereocenters. The van der Waals surface area contributed by atoms with Crippen molar-refractivity contribution in [2.75, 3.05) is 19.3 Å². The minimum Gasteiger partial charge on any atom is -0.348 e. The Morgan fingerprint density at radius 3 is 2.11 bits per heavy atom. The Morgan fingerprint density at radius 2 is 1.78 bits per heavy atom. The largest absolute Gasteiger partial charge is 0.348 e. The molecule has 0 radical (unpaired) electrons. The van der Waals surface area contributed by atoms with Gasteiger partial charge in [0.25, 0.3) is 5.92 Å². The molecule has 0 bridgehead atoms. The quantitative estimate of drug-likeness (QED) is 0.612. The standard InChI is InChI=1S/C8H17F2N3O3S.ClH/c1-7(2,13-17(3,15)16)6(14)12-5-8(9,10)4-11;/h13H,4-5,11H2,1-3H3,(H,12,14);1H. The summed E-state index contributed by atoms with van der Waals surface area (Å²) in [4.78, 5) is 11.5. The number of hydrogen-bond acceptors (Lipinski definition) is 4. The van der Waals surface area contributed by atoms with Crippen molar-refractivity contribution in [3.63, 3.8) is 0 Å². The summed E-state index contributed by atoms with van der Waals surface area (Å²) in [6, 6.07) is 0. The second-order valence-corrected chi connectivity index (χ2v) is 5.99. The average Bonchev–Trinajstić information content (AvgIpc) is 2.10. The lowest BCUT2D eigenvalue weighted by Gasteiger charge is -2.25. The van der Waals surface area contributed by atoms with Gasteiger partial charge in [-0.3, -0.25) is 4.79 Å². The third kappa shape index (κ3) is 7.75. The maximum absolute atomic E-state index is 12.8. The Bertz CT molecular complexity index is 387. The zero-order chi connectivity index (χ0) is 13.9. The third-order valence-electron chi connectivity index (χ3n) is 1.81. The first-order chi connectivity index (χ1) is 7.40. The molecule has 18 heavy (non-hydrogen) atoms. The molecule has 4 N–H and O–H groups in total. The number of hydrogen-bond donors (Lipinski definition) is 3. The van der Waals surface area contributed by atoms with Gasteiger partial charge in [0.1, 0.15) is 5.54 Å². The van der Waals surface area contributed by atoms with E-state index >= 15 is 0 Å². The summed E-state index contributed by atoms with van der Waals surface area (Å²) in [6.45, 7) is 0.707.